The van der Waals surface area contributed by atoms with Crippen LogP contribution in [0, 0.1) is 0 Å². The second kappa shape index (κ2) is 6.06. The molecule has 0 bridgehead atoms. The smallest absolute Gasteiger partial charge is 0.345 e. The van der Waals surface area contributed by atoms with Crippen LogP contribution in [0.3, 0.4) is 0 Å². The Hall–Kier alpha value is -3.47. The molecule has 0 aromatic heterocycles. The van der Waals surface area contributed by atoms with Crippen molar-refractivity contribution in [2.75, 3.05) is 20.5 Å². The molecule has 0 saturated heterocycles. The predicted molar refractivity (Wildman–Crippen MR) is 100 cm³/mol. The van der Waals surface area contributed by atoms with E-state index in [4.69, 9.17) is 18.9 Å². The summed E-state index contributed by atoms with van der Waals surface area (Å²) >= 11 is 0. The molecule has 0 fully saturated rings. The Labute approximate surface area is 155 Å². The molecule has 0 saturated carbocycles. The van der Waals surface area contributed by atoms with E-state index in [2.05, 4.69) is 0 Å². The molecule has 2 aliphatic heterocycles. The van der Waals surface area contributed by atoms with Crippen LogP contribution < -0.4 is 14.2 Å². The normalized spacial score (nSPS) is 15.0. The van der Waals surface area contributed by atoms with Gasteiger partial charge in [0.1, 0.15) is 29.4 Å². The molecule has 0 atom stereocenters. The van der Waals surface area contributed by atoms with Crippen LogP contribution in [0.25, 0.3) is 16.3 Å². The second-order valence-electron chi connectivity index (χ2n) is 6.31. The van der Waals surface area contributed by atoms with Crippen LogP contribution >= 0.6 is 0 Å². The number of benzene rings is 3. The zero-order valence-corrected chi connectivity index (χ0v) is 14.7. The highest BCUT2D eigenvalue weighted by Gasteiger charge is 2.33. The number of esters is 1. The molecule has 0 amide bonds. The molecular weight excluding hydrogens is 344 g/mol. The zero-order valence-electron chi connectivity index (χ0n) is 14.7. The van der Waals surface area contributed by atoms with E-state index in [-0.39, 0.29) is 6.79 Å². The van der Waals surface area contributed by atoms with Gasteiger partial charge in [0.25, 0.3) is 0 Å². The first-order valence-corrected chi connectivity index (χ1v) is 8.64. The zero-order chi connectivity index (χ0) is 18.4. The summed E-state index contributed by atoms with van der Waals surface area (Å²) in [5.74, 6) is 1.60. The Morgan fingerprint density at radius 2 is 1.56 bits per heavy atom. The molecule has 2 aliphatic rings. The van der Waals surface area contributed by atoms with Crippen LogP contribution in [0.5, 0.6) is 17.2 Å². The Kier molecular flexibility index (Phi) is 3.53. The molecule has 0 unspecified atom stereocenters. The Balaban J connectivity index is 1.82. The topological polar surface area (TPSA) is 54.0 Å². The molecule has 2 heterocycles. The number of cyclic esters (lactones) is 1. The van der Waals surface area contributed by atoms with Crippen LogP contribution in [-0.4, -0.2) is 26.5 Å². The van der Waals surface area contributed by atoms with Crippen LogP contribution in [0.1, 0.15) is 21.5 Å². The van der Waals surface area contributed by atoms with Gasteiger partial charge in [0.05, 0.1) is 7.11 Å². The predicted octanol–water partition coefficient (Wildman–Crippen LogP) is 4.18. The SMILES string of the molecule is COc1ccc(C2=CCOc3c2c2c(c4ccccc34)OCOC2=O)cc1. The first-order chi connectivity index (χ1) is 13.3. The Morgan fingerprint density at radius 1 is 0.852 bits per heavy atom. The van der Waals surface area contributed by atoms with E-state index in [0.717, 1.165) is 27.7 Å². The Morgan fingerprint density at radius 3 is 2.26 bits per heavy atom. The van der Waals surface area contributed by atoms with Crippen LogP contribution in [0.2, 0.25) is 0 Å². The van der Waals surface area contributed by atoms with Crippen LogP contribution in [0.4, 0.5) is 0 Å². The number of ether oxygens (including phenoxy) is 4. The van der Waals surface area contributed by atoms with Crippen molar-refractivity contribution in [3.63, 3.8) is 0 Å². The number of carbonyl (C=O) groups is 1. The summed E-state index contributed by atoms with van der Waals surface area (Å²) < 4.78 is 22.2. The molecule has 3 aromatic rings. The third-order valence-corrected chi connectivity index (χ3v) is 4.90. The summed E-state index contributed by atoms with van der Waals surface area (Å²) in [5.41, 5.74) is 3.01. The maximum atomic E-state index is 12.7. The second-order valence-corrected chi connectivity index (χ2v) is 6.31. The van der Waals surface area contributed by atoms with Crippen molar-refractivity contribution in [3.8, 4) is 17.2 Å². The number of carbonyl (C=O) groups excluding carboxylic acids is 1. The van der Waals surface area contributed by atoms with Gasteiger partial charge in [-0.05, 0) is 29.3 Å². The lowest BCUT2D eigenvalue weighted by molar-refractivity contribution is 0.00541. The molecule has 5 heteroatoms. The average Bonchev–Trinajstić information content (AvgIpc) is 2.73. The fourth-order valence-electron chi connectivity index (χ4n) is 3.68. The molecular formula is C22H16O5. The number of rotatable bonds is 2. The van der Waals surface area contributed by atoms with Crippen molar-refractivity contribution in [2.24, 2.45) is 0 Å². The minimum atomic E-state index is -0.400. The van der Waals surface area contributed by atoms with Gasteiger partial charge in [-0.1, -0.05) is 36.4 Å². The van der Waals surface area contributed by atoms with E-state index in [1.807, 2.05) is 54.6 Å². The lowest BCUT2D eigenvalue weighted by Crippen LogP contribution is -2.22. The molecule has 3 aromatic carbocycles. The quantitative estimate of drug-likeness (QED) is 0.642. The summed E-state index contributed by atoms with van der Waals surface area (Å²) in [5, 5.41) is 1.76. The molecule has 27 heavy (non-hydrogen) atoms. The minimum Gasteiger partial charge on any atom is -0.497 e. The van der Waals surface area contributed by atoms with Gasteiger partial charge in [-0.15, -0.1) is 0 Å². The Bertz CT molecular complexity index is 1100. The first-order valence-electron chi connectivity index (χ1n) is 8.64. The maximum absolute atomic E-state index is 12.7. The highest BCUT2D eigenvalue weighted by molar-refractivity contribution is 6.11. The molecule has 5 nitrogen and oxygen atoms in total. The third kappa shape index (κ3) is 2.35. The minimum absolute atomic E-state index is 0.0863. The summed E-state index contributed by atoms with van der Waals surface area (Å²) in [7, 11) is 1.63. The number of fused-ring (bicyclic) bond motifs is 6. The van der Waals surface area contributed by atoms with Gasteiger partial charge in [-0.3, -0.25) is 0 Å². The van der Waals surface area contributed by atoms with Gasteiger partial charge in [0.2, 0.25) is 6.79 Å². The largest absolute Gasteiger partial charge is 0.497 e. The van der Waals surface area contributed by atoms with Crippen molar-refractivity contribution < 1.29 is 23.7 Å². The fourth-order valence-corrected chi connectivity index (χ4v) is 3.68. The van der Waals surface area contributed by atoms with Gasteiger partial charge < -0.3 is 18.9 Å². The van der Waals surface area contributed by atoms with Crippen molar-refractivity contribution in [2.45, 2.75) is 0 Å². The number of methoxy groups -OCH3 is 1. The highest BCUT2D eigenvalue weighted by Crippen LogP contribution is 2.48. The van der Waals surface area contributed by atoms with Gasteiger partial charge in [-0.25, -0.2) is 4.79 Å². The molecule has 134 valence electrons. The number of hydrogen-bond donors (Lipinski definition) is 0. The molecule has 0 aliphatic carbocycles. The van der Waals surface area contributed by atoms with Crippen LogP contribution in [-0.2, 0) is 4.74 Å². The molecule has 0 N–H and O–H groups in total. The number of hydrogen-bond acceptors (Lipinski definition) is 5. The van der Waals surface area contributed by atoms with Crippen molar-refractivity contribution in [1.82, 2.24) is 0 Å². The van der Waals surface area contributed by atoms with Gasteiger partial charge >= 0.3 is 5.97 Å². The molecule has 0 spiro atoms. The molecule has 5 rings (SSSR count). The summed E-state index contributed by atoms with van der Waals surface area (Å²) in [4.78, 5) is 12.7. The molecule has 0 radical (unpaired) electrons. The van der Waals surface area contributed by atoms with E-state index in [1.54, 1.807) is 7.11 Å². The average molecular weight is 360 g/mol. The van der Waals surface area contributed by atoms with E-state index in [9.17, 15) is 4.79 Å². The first kappa shape index (κ1) is 15.8. The highest BCUT2D eigenvalue weighted by atomic mass is 16.7. The maximum Gasteiger partial charge on any atom is 0.345 e. The van der Waals surface area contributed by atoms with E-state index >= 15 is 0 Å². The summed E-state index contributed by atoms with van der Waals surface area (Å²) in [6, 6.07) is 15.5. The van der Waals surface area contributed by atoms with Crippen molar-refractivity contribution in [3.05, 3.63) is 71.3 Å². The van der Waals surface area contributed by atoms with Crippen molar-refractivity contribution >= 4 is 22.3 Å². The third-order valence-electron chi connectivity index (χ3n) is 4.90. The standard InChI is InChI=1S/C22H16O5/c1-24-14-8-6-13(7-9-14)15-10-11-25-20-16-4-2-3-5-17(16)21-19(18(15)20)22(23)27-12-26-21/h2-10H,11-12H2,1H3. The lowest BCUT2D eigenvalue weighted by atomic mass is 9.87. The summed E-state index contributed by atoms with van der Waals surface area (Å²) in [6.45, 7) is 0.337. The fraction of sp³-hybridized carbons (Fsp3) is 0.136. The van der Waals surface area contributed by atoms with E-state index in [0.29, 0.717) is 29.2 Å². The lowest BCUT2D eigenvalue weighted by Gasteiger charge is -2.27. The van der Waals surface area contributed by atoms with E-state index < -0.39 is 5.97 Å². The van der Waals surface area contributed by atoms with Crippen LogP contribution in [0.15, 0.2) is 54.6 Å². The van der Waals surface area contributed by atoms with Crippen molar-refractivity contribution in [1.29, 1.82) is 0 Å². The van der Waals surface area contributed by atoms with E-state index in [1.165, 1.54) is 0 Å². The van der Waals surface area contributed by atoms with Gasteiger partial charge in [0.15, 0.2) is 0 Å². The van der Waals surface area contributed by atoms with Gasteiger partial charge in [0, 0.05) is 16.3 Å². The monoisotopic (exact) mass is 360 g/mol. The van der Waals surface area contributed by atoms with Gasteiger partial charge in [-0.2, -0.15) is 0 Å². The summed E-state index contributed by atoms with van der Waals surface area (Å²) in [6.07, 6.45) is 1.97.